The van der Waals surface area contributed by atoms with E-state index in [-0.39, 0.29) is 0 Å². The molecule has 2 nitrogen and oxygen atoms in total. The molecule has 1 N–H and O–H groups in total. The maximum Gasteiger partial charge on any atom is 0.309 e. The van der Waals surface area contributed by atoms with Gasteiger partial charge in [-0.1, -0.05) is 49.9 Å². The summed E-state index contributed by atoms with van der Waals surface area (Å²) in [6, 6.07) is 5.92. The van der Waals surface area contributed by atoms with Crippen LogP contribution in [0.15, 0.2) is 18.2 Å². The van der Waals surface area contributed by atoms with Crippen molar-refractivity contribution in [3.05, 3.63) is 34.3 Å². The van der Waals surface area contributed by atoms with Crippen molar-refractivity contribution in [2.75, 3.05) is 0 Å². The fraction of sp³-hybridized carbons (Fsp3) is 0.588. The van der Waals surface area contributed by atoms with Crippen LogP contribution in [0.1, 0.15) is 50.2 Å². The van der Waals surface area contributed by atoms with Gasteiger partial charge in [0.15, 0.2) is 0 Å². The highest BCUT2D eigenvalue weighted by Crippen LogP contribution is 2.44. The predicted octanol–water partition coefficient (Wildman–Crippen LogP) is 4.86. The van der Waals surface area contributed by atoms with Crippen molar-refractivity contribution in [2.24, 2.45) is 11.3 Å². The number of carbonyl (C=O) groups is 1. The van der Waals surface area contributed by atoms with Crippen LogP contribution in [-0.2, 0) is 11.2 Å². The molecule has 0 bridgehead atoms. The van der Waals surface area contributed by atoms with E-state index in [0.29, 0.717) is 17.4 Å². The molecule has 2 atom stereocenters. The van der Waals surface area contributed by atoms with Crippen LogP contribution in [0.3, 0.4) is 0 Å². The predicted molar refractivity (Wildman–Crippen MR) is 82.2 cm³/mol. The Balaban J connectivity index is 2.27. The Morgan fingerprint density at radius 2 is 2.25 bits per heavy atom. The van der Waals surface area contributed by atoms with Crippen LogP contribution in [0.2, 0.25) is 5.02 Å². The van der Waals surface area contributed by atoms with Crippen LogP contribution in [0.4, 0.5) is 0 Å². The molecule has 1 aliphatic rings. The molecule has 2 rings (SSSR count). The molecule has 1 fully saturated rings. The largest absolute Gasteiger partial charge is 0.481 e. The molecule has 0 amide bonds. The van der Waals surface area contributed by atoms with Crippen LogP contribution in [0.5, 0.6) is 0 Å². The Bertz CT molecular complexity index is 498. The van der Waals surface area contributed by atoms with E-state index in [1.54, 1.807) is 0 Å². The van der Waals surface area contributed by atoms with Crippen molar-refractivity contribution in [3.8, 4) is 0 Å². The summed E-state index contributed by atoms with van der Waals surface area (Å²) < 4.78 is 0. The van der Waals surface area contributed by atoms with Crippen LogP contribution in [0.25, 0.3) is 0 Å². The first-order valence-corrected chi connectivity index (χ1v) is 7.83. The highest BCUT2D eigenvalue weighted by molar-refractivity contribution is 6.31. The monoisotopic (exact) mass is 294 g/mol. The molecule has 1 saturated carbocycles. The van der Waals surface area contributed by atoms with E-state index in [2.05, 4.69) is 6.92 Å². The molecule has 1 aromatic rings. The Labute approximate surface area is 126 Å². The Hall–Kier alpha value is -1.02. The number of aryl methyl sites for hydroxylation is 1. The number of aliphatic carboxylic acids is 1. The molecule has 1 aromatic carbocycles. The molecule has 0 aromatic heterocycles. The maximum atomic E-state index is 11.9. The standard InChI is InChI=1S/C17H23ClO2/c1-3-13-5-4-8-17(10-13,16(19)20)11-14-7-6-12(2)9-15(14)18/h6-7,9,13H,3-5,8,10-11H2,1-2H3,(H,19,20). The summed E-state index contributed by atoms with van der Waals surface area (Å²) in [5, 5.41) is 10.5. The lowest BCUT2D eigenvalue weighted by Gasteiger charge is -2.37. The molecule has 0 radical (unpaired) electrons. The number of carboxylic acid groups (broad SMARTS) is 1. The quantitative estimate of drug-likeness (QED) is 0.861. The third kappa shape index (κ3) is 3.17. The first-order valence-electron chi connectivity index (χ1n) is 7.45. The SMILES string of the molecule is CCC1CCCC(Cc2ccc(C)cc2Cl)(C(=O)O)C1. The molecule has 0 heterocycles. The molecule has 0 saturated heterocycles. The molecule has 20 heavy (non-hydrogen) atoms. The van der Waals surface area contributed by atoms with Crippen molar-refractivity contribution in [1.82, 2.24) is 0 Å². The number of hydrogen-bond acceptors (Lipinski definition) is 1. The van der Waals surface area contributed by atoms with Gasteiger partial charge >= 0.3 is 5.97 Å². The average molecular weight is 295 g/mol. The summed E-state index contributed by atoms with van der Waals surface area (Å²) in [4.78, 5) is 11.9. The van der Waals surface area contributed by atoms with E-state index >= 15 is 0 Å². The summed E-state index contributed by atoms with van der Waals surface area (Å²) in [6.07, 6.45) is 5.34. The molecule has 110 valence electrons. The summed E-state index contributed by atoms with van der Waals surface area (Å²) >= 11 is 6.29. The summed E-state index contributed by atoms with van der Waals surface area (Å²) in [6.45, 7) is 4.15. The van der Waals surface area contributed by atoms with E-state index in [9.17, 15) is 9.90 Å². The summed E-state index contributed by atoms with van der Waals surface area (Å²) in [7, 11) is 0. The van der Waals surface area contributed by atoms with E-state index in [1.807, 2.05) is 25.1 Å². The van der Waals surface area contributed by atoms with Crippen molar-refractivity contribution >= 4 is 17.6 Å². The lowest BCUT2D eigenvalue weighted by Crippen LogP contribution is -2.38. The second-order valence-electron chi connectivity index (χ2n) is 6.23. The van der Waals surface area contributed by atoms with Crippen molar-refractivity contribution in [3.63, 3.8) is 0 Å². The minimum atomic E-state index is -0.660. The van der Waals surface area contributed by atoms with Crippen molar-refractivity contribution in [2.45, 2.75) is 52.4 Å². The van der Waals surface area contributed by atoms with E-state index in [4.69, 9.17) is 11.6 Å². The van der Waals surface area contributed by atoms with Gasteiger partial charge < -0.3 is 5.11 Å². The maximum absolute atomic E-state index is 11.9. The average Bonchev–Trinajstić information content (AvgIpc) is 2.42. The zero-order chi connectivity index (χ0) is 14.8. The molecular weight excluding hydrogens is 272 g/mol. The van der Waals surface area contributed by atoms with Gasteiger partial charge in [0.1, 0.15) is 0 Å². The van der Waals surface area contributed by atoms with Crippen molar-refractivity contribution < 1.29 is 9.90 Å². The van der Waals surface area contributed by atoms with Crippen LogP contribution in [-0.4, -0.2) is 11.1 Å². The molecule has 1 aliphatic carbocycles. The van der Waals surface area contributed by atoms with Gasteiger partial charge in [0, 0.05) is 5.02 Å². The molecule has 0 aliphatic heterocycles. The van der Waals surface area contributed by atoms with Crippen LogP contribution in [0, 0.1) is 18.3 Å². The van der Waals surface area contributed by atoms with Crippen LogP contribution < -0.4 is 0 Å². The number of halogens is 1. The van der Waals surface area contributed by atoms with E-state index in [1.165, 1.54) is 0 Å². The van der Waals surface area contributed by atoms with Gasteiger partial charge in [-0.2, -0.15) is 0 Å². The highest BCUT2D eigenvalue weighted by Gasteiger charge is 2.42. The van der Waals surface area contributed by atoms with Gasteiger partial charge in [-0.25, -0.2) is 0 Å². The van der Waals surface area contributed by atoms with E-state index < -0.39 is 11.4 Å². The number of rotatable bonds is 4. The molecular formula is C17H23ClO2. The first-order chi connectivity index (χ1) is 9.47. The zero-order valence-corrected chi connectivity index (χ0v) is 13.0. The zero-order valence-electron chi connectivity index (χ0n) is 12.3. The fourth-order valence-electron chi connectivity index (χ4n) is 3.42. The Morgan fingerprint density at radius 3 is 2.85 bits per heavy atom. The Morgan fingerprint density at radius 1 is 1.50 bits per heavy atom. The minimum absolute atomic E-state index is 0.532. The van der Waals surface area contributed by atoms with Gasteiger partial charge in [0.25, 0.3) is 0 Å². The molecule has 2 unspecified atom stereocenters. The summed E-state index contributed by atoms with van der Waals surface area (Å²) in [5.74, 6) is -0.128. The van der Waals surface area contributed by atoms with Crippen molar-refractivity contribution in [1.29, 1.82) is 0 Å². The normalized spacial score (nSPS) is 26.4. The van der Waals surface area contributed by atoms with E-state index in [0.717, 1.165) is 43.2 Å². The minimum Gasteiger partial charge on any atom is -0.481 e. The number of carboxylic acids is 1. The second kappa shape index (κ2) is 6.17. The van der Waals surface area contributed by atoms with Gasteiger partial charge in [0.2, 0.25) is 0 Å². The van der Waals surface area contributed by atoms with Gasteiger partial charge in [0.05, 0.1) is 5.41 Å². The topological polar surface area (TPSA) is 37.3 Å². The number of hydrogen-bond donors (Lipinski definition) is 1. The van der Waals surface area contributed by atoms with Crippen LogP contribution >= 0.6 is 11.6 Å². The number of benzene rings is 1. The fourth-order valence-corrected chi connectivity index (χ4v) is 3.73. The summed E-state index contributed by atoms with van der Waals surface area (Å²) in [5.41, 5.74) is 1.45. The molecule has 0 spiro atoms. The van der Waals surface area contributed by atoms with Gasteiger partial charge in [-0.05, 0) is 49.3 Å². The smallest absolute Gasteiger partial charge is 0.309 e. The van der Waals surface area contributed by atoms with Gasteiger partial charge in [-0.15, -0.1) is 0 Å². The third-order valence-electron chi connectivity index (χ3n) is 4.72. The lowest BCUT2D eigenvalue weighted by molar-refractivity contribution is -0.152. The second-order valence-corrected chi connectivity index (χ2v) is 6.63. The Kier molecular flexibility index (Phi) is 4.74. The lowest BCUT2D eigenvalue weighted by atomic mass is 9.66. The van der Waals surface area contributed by atoms with Gasteiger partial charge in [-0.3, -0.25) is 4.79 Å². The first kappa shape index (κ1) is 15.4. The third-order valence-corrected chi connectivity index (χ3v) is 5.07. The highest BCUT2D eigenvalue weighted by atomic mass is 35.5. The molecule has 3 heteroatoms.